The van der Waals surface area contributed by atoms with E-state index in [-0.39, 0.29) is 20.0 Å². The van der Waals surface area contributed by atoms with Crippen molar-refractivity contribution in [3.63, 3.8) is 0 Å². The molecule has 2 N–H and O–H groups in total. The van der Waals surface area contributed by atoms with Gasteiger partial charge < -0.3 is 52.8 Å². The lowest BCUT2D eigenvalue weighted by Crippen LogP contribution is -2.58. The number of aliphatic hydroxyl groups excluding tert-OH is 2. The number of fused-ring (bicyclic) bond motifs is 4. The van der Waals surface area contributed by atoms with Crippen molar-refractivity contribution < 1.29 is 57.6 Å². The van der Waals surface area contributed by atoms with E-state index in [1.807, 2.05) is 19.1 Å². The van der Waals surface area contributed by atoms with Gasteiger partial charge in [-0.1, -0.05) is 6.07 Å². The molecule has 12 nitrogen and oxygen atoms in total. The Balaban J connectivity index is 1.37. The van der Waals surface area contributed by atoms with Crippen LogP contribution < -0.4 is 18.9 Å². The molecule has 1 aliphatic carbocycles. The monoisotopic (exact) mass is 598 g/mol. The maximum absolute atomic E-state index is 13.5. The summed E-state index contributed by atoms with van der Waals surface area (Å²) in [6, 6.07) is 9.09. The van der Waals surface area contributed by atoms with E-state index in [4.69, 9.17) is 42.6 Å². The van der Waals surface area contributed by atoms with Crippen molar-refractivity contribution in [3.05, 3.63) is 52.6 Å². The van der Waals surface area contributed by atoms with Crippen LogP contribution in [0.3, 0.4) is 0 Å². The molecule has 0 spiro atoms. The zero-order valence-electron chi connectivity index (χ0n) is 24.4. The molecule has 0 aromatic heterocycles. The second-order valence-electron chi connectivity index (χ2n) is 11.9. The van der Waals surface area contributed by atoms with Gasteiger partial charge in [0.2, 0.25) is 6.79 Å². The van der Waals surface area contributed by atoms with Gasteiger partial charge in [-0.3, -0.25) is 0 Å². The second kappa shape index (κ2) is 10.1. The van der Waals surface area contributed by atoms with Crippen molar-refractivity contribution in [1.82, 2.24) is 0 Å². The van der Waals surface area contributed by atoms with Crippen LogP contribution in [0.15, 0.2) is 35.9 Å². The minimum atomic E-state index is -1.26. The van der Waals surface area contributed by atoms with E-state index < -0.39 is 54.0 Å². The highest BCUT2D eigenvalue weighted by atomic mass is 16.8. The number of esters is 1. The van der Waals surface area contributed by atoms with Crippen LogP contribution in [0.1, 0.15) is 43.6 Å². The average Bonchev–Trinajstić information content (AvgIpc) is 3.68. The molecule has 0 amide bonds. The van der Waals surface area contributed by atoms with Gasteiger partial charge in [0.15, 0.2) is 35.1 Å². The molecule has 4 heterocycles. The molecule has 0 radical (unpaired) electrons. The number of carbonyl (C=O) groups is 1. The van der Waals surface area contributed by atoms with Crippen LogP contribution in [-0.2, 0) is 28.5 Å². The summed E-state index contributed by atoms with van der Waals surface area (Å²) in [6.07, 6.45) is -5.68. The Morgan fingerprint density at radius 1 is 0.953 bits per heavy atom. The Labute approximate surface area is 247 Å². The average molecular weight is 599 g/mol. The fraction of sp³-hybridized carbons (Fsp3) is 0.516. The summed E-state index contributed by atoms with van der Waals surface area (Å²) >= 11 is 0. The second-order valence-corrected chi connectivity index (χ2v) is 11.9. The van der Waals surface area contributed by atoms with E-state index >= 15 is 0 Å². The van der Waals surface area contributed by atoms with Crippen molar-refractivity contribution in [1.29, 1.82) is 0 Å². The van der Waals surface area contributed by atoms with E-state index in [9.17, 15) is 15.0 Å². The molecule has 3 fully saturated rings. The molecular weight excluding hydrogens is 564 g/mol. The van der Waals surface area contributed by atoms with Crippen molar-refractivity contribution >= 4 is 11.5 Å². The Bertz CT molecular complexity index is 1500. The normalized spacial score (nSPS) is 33.5. The highest BCUT2D eigenvalue weighted by Crippen LogP contribution is 2.58. The van der Waals surface area contributed by atoms with Crippen LogP contribution in [-0.4, -0.2) is 86.9 Å². The third-order valence-electron chi connectivity index (χ3n) is 8.78. The Morgan fingerprint density at radius 3 is 2.42 bits per heavy atom. The number of carbonyl (C=O) groups excluding carboxylic acids is 1. The molecule has 2 aromatic carbocycles. The highest BCUT2D eigenvalue weighted by Gasteiger charge is 2.59. The number of cyclic esters (lactones) is 1. The van der Waals surface area contributed by atoms with Crippen LogP contribution in [0.2, 0.25) is 0 Å². The molecule has 0 saturated carbocycles. The summed E-state index contributed by atoms with van der Waals surface area (Å²) < 4.78 is 52.9. The lowest BCUT2D eigenvalue weighted by atomic mass is 9.66. The van der Waals surface area contributed by atoms with Gasteiger partial charge in [0, 0.05) is 5.57 Å². The third-order valence-corrected chi connectivity index (χ3v) is 8.78. The van der Waals surface area contributed by atoms with Gasteiger partial charge in [0.25, 0.3) is 0 Å². The molecule has 12 heteroatoms. The summed E-state index contributed by atoms with van der Waals surface area (Å²) in [6.45, 7) is 5.09. The summed E-state index contributed by atoms with van der Waals surface area (Å²) in [7, 11) is 3.07. The van der Waals surface area contributed by atoms with Crippen LogP contribution in [0.25, 0.3) is 5.57 Å². The largest absolute Gasteiger partial charge is 0.493 e. The van der Waals surface area contributed by atoms with Gasteiger partial charge in [-0.05, 0) is 61.7 Å². The lowest BCUT2D eigenvalue weighted by Gasteiger charge is -2.45. The van der Waals surface area contributed by atoms with E-state index in [0.717, 1.165) is 0 Å². The van der Waals surface area contributed by atoms with E-state index in [2.05, 4.69) is 0 Å². The fourth-order valence-corrected chi connectivity index (χ4v) is 6.82. The number of aliphatic hydroxyl groups is 2. The SMILES string of the molecule is COc1cc2c(cc1OC)C(OC1O[C@H](CO)[C@@H]3OC(C)(C)O[C@@H]3[C@H]1O)C1(C)COC(=O)C1=C2c1ccc2c(c1)OCO2. The molecule has 7 atom stereocenters. The van der Waals surface area contributed by atoms with Crippen LogP contribution >= 0.6 is 0 Å². The first-order valence-electron chi connectivity index (χ1n) is 14.1. The van der Waals surface area contributed by atoms with Crippen LogP contribution in [0, 0.1) is 5.41 Å². The topological polar surface area (TPSA) is 141 Å². The number of hydrogen-bond donors (Lipinski definition) is 2. The number of methoxy groups -OCH3 is 2. The number of hydrogen-bond acceptors (Lipinski definition) is 12. The lowest BCUT2D eigenvalue weighted by molar-refractivity contribution is -0.304. The Hall–Kier alpha value is -3.39. The standard InChI is InChI=1S/C31H34O12/c1-30(2)42-25-21(11-32)40-29(24(33)26(25)43-30)41-27-16-10-19(36-5)18(35-4)9-15(16)22(23-28(34)37-12-31(23,27)3)14-6-7-17-20(8-14)39-13-38-17/h6-10,21,24-27,29,32-33H,11-13H2,1-5H3/t21-,24-,25+,26-,27?,29?,31?/m1/s1. The van der Waals surface area contributed by atoms with Gasteiger partial charge >= 0.3 is 5.97 Å². The van der Waals surface area contributed by atoms with Gasteiger partial charge in [-0.2, -0.15) is 0 Å². The smallest absolute Gasteiger partial charge is 0.335 e. The predicted molar refractivity (Wildman–Crippen MR) is 147 cm³/mol. The summed E-state index contributed by atoms with van der Waals surface area (Å²) in [4.78, 5) is 13.5. The zero-order chi connectivity index (χ0) is 30.3. The van der Waals surface area contributed by atoms with Crippen LogP contribution in [0.5, 0.6) is 23.0 Å². The van der Waals surface area contributed by atoms with Crippen molar-refractivity contribution in [3.8, 4) is 23.0 Å². The third kappa shape index (κ3) is 4.31. The molecule has 3 saturated heterocycles. The van der Waals surface area contributed by atoms with Crippen molar-refractivity contribution in [2.24, 2.45) is 5.41 Å². The molecule has 0 bridgehead atoms. The number of rotatable bonds is 6. The first-order chi connectivity index (χ1) is 20.6. The van der Waals surface area contributed by atoms with Crippen LogP contribution in [0.4, 0.5) is 0 Å². The van der Waals surface area contributed by atoms with E-state index in [0.29, 0.717) is 50.8 Å². The fourth-order valence-electron chi connectivity index (χ4n) is 6.82. The van der Waals surface area contributed by atoms with Gasteiger partial charge in [-0.15, -0.1) is 0 Å². The summed E-state index contributed by atoms with van der Waals surface area (Å²) in [5.41, 5.74) is 2.04. The number of ether oxygens (including phenoxy) is 9. The molecule has 2 aromatic rings. The molecule has 5 aliphatic rings. The molecule has 43 heavy (non-hydrogen) atoms. The Kier molecular flexibility index (Phi) is 6.65. The van der Waals surface area contributed by atoms with Crippen molar-refractivity contribution in [2.45, 2.75) is 63.4 Å². The zero-order valence-corrected chi connectivity index (χ0v) is 24.4. The van der Waals surface area contributed by atoms with Gasteiger partial charge in [0.05, 0.1) is 37.9 Å². The summed E-state index contributed by atoms with van der Waals surface area (Å²) in [5.74, 6) is 0.587. The molecular formula is C31H34O12. The predicted octanol–water partition coefficient (Wildman–Crippen LogP) is 2.47. The van der Waals surface area contributed by atoms with Crippen molar-refractivity contribution in [2.75, 3.05) is 34.2 Å². The molecule has 4 aliphatic heterocycles. The summed E-state index contributed by atoms with van der Waals surface area (Å²) in [5, 5.41) is 21.6. The number of benzene rings is 2. The first-order valence-corrected chi connectivity index (χ1v) is 14.1. The van der Waals surface area contributed by atoms with Gasteiger partial charge in [-0.25, -0.2) is 4.79 Å². The molecule has 230 valence electrons. The molecule has 3 unspecified atom stereocenters. The van der Waals surface area contributed by atoms with Gasteiger partial charge in [0.1, 0.15) is 31.0 Å². The molecule has 7 rings (SSSR count). The highest BCUT2D eigenvalue weighted by molar-refractivity contribution is 6.06. The Morgan fingerprint density at radius 2 is 1.67 bits per heavy atom. The van der Waals surface area contributed by atoms with E-state index in [1.54, 1.807) is 32.0 Å². The minimum absolute atomic E-state index is 0.0125. The maximum atomic E-state index is 13.5. The van der Waals surface area contributed by atoms with E-state index in [1.165, 1.54) is 14.2 Å². The minimum Gasteiger partial charge on any atom is -0.493 e. The quantitative estimate of drug-likeness (QED) is 0.472. The first kappa shape index (κ1) is 28.4. The maximum Gasteiger partial charge on any atom is 0.335 e.